The fourth-order valence-corrected chi connectivity index (χ4v) is 7.59. The minimum atomic E-state index is -1.52. The number of hydrogen-bond donors (Lipinski definition) is 3. The first-order valence-corrected chi connectivity index (χ1v) is 20.6. The van der Waals surface area contributed by atoms with Crippen LogP contribution < -0.4 is 32.4 Å². The molecule has 19 nitrogen and oxygen atoms in total. The maximum Gasteiger partial charge on any atom is 0.335 e. The SMILES string of the molecule is CCCCCCO[C@@H]1[C@H](OC)/C(=C(\O[C@H]2OC(C(=O)N[C@H]3CCC[C@@H](C)NC3=O)=C[C@@H]3OC(C)(C)O[C@H]23)C(N)=O)O[C@H]1n1ccc(=O)n(COCc2ccc(OC)cc2)c1=O. The first-order chi connectivity index (χ1) is 29.2. The van der Waals surface area contributed by atoms with Crippen molar-refractivity contribution in [3.8, 4) is 5.75 Å². The Balaban J connectivity index is 1.30. The molecule has 334 valence electrons. The highest BCUT2D eigenvalue weighted by Gasteiger charge is 2.53. The second kappa shape index (κ2) is 20.1. The van der Waals surface area contributed by atoms with Crippen LogP contribution in [0.4, 0.5) is 0 Å². The fraction of sp³-hybridized carbons (Fsp3) is 0.595. The summed E-state index contributed by atoms with van der Waals surface area (Å²) in [7, 11) is 2.92. The Labute approximate surface area is 353 Å². The van der Waals surface area contributed by atoms with E-state index in [9.17, 15) is 24.0 Å². The summed E-state index contributed by atoms with van der Waals surface area (Å²) in [5, 5.41) is 5.62. The van der Waals surface area contributed by atoms with Crippen molar-refractivity contribution in [3.63, 3.8) is 0 Å². The van der Waals surface area contributed by atoms with Gasteiger partial charge in [0.1, 0.15) is 36.8 Å². The Morgan fingerprint density at radius 2 is 1.79 bits per heavy atom. The van der Waals surface area contributed by atoms with E-state index in [1.807, 2.05) is 6.92 Å². The number of carbonyl (C=O) groups is 3. The molecule has 4 aliphatic heterocycles. The lowest BCUT2D eigenvalue weighted by molar-refractivity contribution is -0.199. The molecule has 6 rings (SSSR count). The summed E-state index contributed by atoms with van der Waals surface area (Å²) in [5.74, 6) is -3.67. The third kappa shape index (κ3) is 10.8. The molecule has 0 saturated carbocycles. The lowest BCUT2D eigenvalue weighted by atomic mass is 10.1. The van der Waals surface area contributed by atoms with Crippen molar-refractivity contribution < 1.29 is 57.0 Å². The highest BCUT2D eigenvalue weighted by molar-refractivity contribution is 5.96. The minimum absolute atomic E-state index is 0.0424. The van der Waals surface area contributed by atoms with Gasteiger partial charge in [-0.2, -0.15) is 0 Å². The first-order valence-electron chi connectivity index (χ1n) is 20.6. The van der Waals surface area contributed by atoms with Crippen LogP contribution in [0.2, 0.25) is 0 Å². The van der Waals surface area contributed by atoms with Crippen LogP contribution in [-0.4, -0.2) is 96.3 Å². The number of ether oxygens (including phenoxy) is 9. The van der Waals surface area contributed by atoms with Crippen molar-refractivity contribution in [2.75, 3.05) is 20.8 Å². The number of benzene rings is 1. The van der Waals surface area contributed by atoms with Crippen LogP contribution in [0, 0.1) is 0 Å². The molecular weight excluding hydrogens is 798 g/mol. The molecule has 0 spiro atoms. The van der Waals surface area contributed by atoms with Gasteiger partial charge in [0.2, 0.25) is 17.9 Å². The summed E-state index contributed by atoms with van der Waals surface area (Å²) in [6, 6.07) is 7.45. The zero-order valence-corrected chi connectivity index (χ0v) is 35.4. The van der Waals surface area contributed by atoms with Gasteiger partial charge >= 0.3 is 5.69 Å². The smallest absolute Gasteiger partial charge is 0.335 e. The topological polar surface area (TPSA) is 228 Å². The number of amides is 3. The number of aromatic nitrogens is 2. The molecule has 3 saturated heterocycles. The number of nitrogens with zero attached hydrogens (tertiary/aromatic N) is 2. The highest BCUT2D eigenvalue weighted by atomic mass is 16.8. The van der Waals surface area contributed by atoms with Crippen molar-refractivity contribution in [2.45, 2.75) is 141 Å². The van der Waals surface area contributed by atoms with Gasteiger partial charge in [0, 0.05) is 32.0 Å². The van der Waals surface area contributed by atoms with Crippen LogP contribution in [0.5, 0.6) is 5.75 Å². The number of methoxy groups -OCH3 is 2. The summed E-state index contributed by atoms with van der Waals surface area (Å²) in [6.07, 6.45) is 1.10. The third-order valence-corrected chi connectivity index (χ3v) is 10.7. The van der Waals surface area contributed by atoms with E-state index >= 15 is 0 Å². The average molecular weight is 856 g/mol. The molecule has 2 aromatic rings. The summed E-state index contributed by atoms with van der Waals surface area (Å²) < 4.78 is 56.1. The molecule has 4 N–H and O–H groups in total. The Hall–Kier alpha value is -5.21. The van der Waals surface area contributed by atoms with Crippen molar-refractivity contribution in [2.24, 2.45) is 5.73 Å². The predicted octanol–water partition coefficient (Wildman–Crippen LogP) is 2.35. The molecule has 5 heterocycles. The molecule has 8 atom stereocenters. The van der Waals surface area contributed by atoms with Gasteiger partial charge < -0.3 is 59.0 Å². The number of primary amides is 1. The summed E-state index contributed by atoms with van der Waals surface area (Å²) >= 11 is 0. The van der Waals surface area contributed by atoms with Crippen molar-refractivity contribution in [1.29, 1.82) is 0 Å². The van der Waals surface area contributed by atoms with E-state index in [0.717, 1.165) is 40.4 Å². The Kier molecular flexibility index (Phi) is 14.9. The Morgan fingerprint density at radius 3 is 2.49 bits per heavy atom. The number of hydrogen-bond acceptors (Lipinski definition) is 14. The van der Waals surface area contributed by atoms with Gasteiger partial charge in [-0.15, -0.1) is 0 Å². The van der Waals surface area contributed by atoms with E-state index in [1.165, 1.54) is 25.4 Å². The molecule has 19 heteroatoms. The van der Waals surface area contributed by atoms with E-state index in [4.69, 9.17) is 48.4 Å². The maximum atomic E-state index is 14.1. The largest absolute Gasteiger partial charge is 0.497 e. The van der Waals surface area contributed by atoms with Crippen LogP contribution >= 0.6 is 0 Å². The number of carbonyl (C=O) groups excluding carboxylic acids is 3. The van der Waals surface area contributed by atoms with E-state index < -0.39 is 77.6 Å². The first kappa shape index (κ1) is 45.3. The highest BCUT2D eigenvalue weighted by Crippen LogP contribution is 2.41. The number of unbranched alkanes of at least 4 members (excludes halogenated alkanes) is 3. The number of nitrogens with one attached hydrogen (secondary N) is 2. The van der Waals surface area contributed by atoms with Crippen LogP contribution in [0.25, 0.3) is 0 Å². The van der Waals surface area contributed by atoms with Crippen LogP contribution in [0.1, 0.15) is 84.4 Å². The summed E-state index contributed by atoms with van der Waals surface area (Å²) in [6.45, 7) is 7.24. The maximum absolute atomic E-state index is 14.1. The van der Waals surface area contributed by atoms with Gasteiger partial charge in [-0.05, 0) is 70.2 Å². The van der Waals surface area contributed by atoms with Crippen molar-refractivity contribution in [1.82, 2.24) is 19.8 Å². The molecule has 0 bridgehead atoms. The molecule has 4 aliphatic rings. The lowest BCUT2D eigenvalue weighted by Crippen LogP contribution is -2.50. The third-order valence-electron chi connectivity index (χ3n) is 10.7. The molecule has 61 heavy (non-hydrogen) atoms. The lowest BCUT2D eigenvalue weighted by Gasteiger charge is -2.32. The Bertz CT molecular complexity index is 2060. The van der Waals surface area contributed by atoms with Crippen LogP contribution in [0.15, 0.2) is 69.5 Å². The zero-order chi connectivity index (χ0) is 43.8. The van der Waals surface area contributed by atoms with E-state index in [0.29, 0.717) is 25.0 Å². The molecule has 1 aromatic heterocycles. The molecular formula is C42H57N5O14. The van der Waals surface area contributed by atoms with Gasteiger partial charge in [0.25, 0.3) is 23.7 Å². The quantitative estimate of drug-likeness (QED) is 0.111. The summed E-state index contributed by atoms with van der Waals surface area (Å²) in [4.78, 5) is 67.0. The summed E-state index contributed by atoms with van der Waals surface area (Å²) in [5.41, 5.74) is 5.34. The number of rotatable bonds is 18. The average Bonchev–Trinajstić information content (AvgIpc) is 3.69. The zero-order valence-electron chi connectivity index (χ0n) is 35.4. The van der Waals surface area contributed by atoms with Gasteiger partial charge in [0.15, 0.2) is 23.4 Å². The van der Waals surface area contributed by atoms with E-state index in [2.05, 4.69) is 17.6 Å². The molecule has 3 fully saturated rings. The Morgan fingerprint density at radius 1 is 1.02 bits per heavy atom. The molecule has 0 radical (unpaired) electrons. The predicted molar refractivity (Wildman–Crippen MR) is 215 cm³/mol. The number of nitrogens with two attached hydrogens (primary N) is 1. The fourth-order valence-electron chi connectivity index (χ4n) is 7.59. The second-order valence-corrected chi connectivity index (χ2v) is 15.8. The molecule has 3 amide bonds. The van der Waals surface area contributed by atoms with Gasteiger partial charge in [-0.3, -0.25) is 23.7 Å². The van der Waals surface area contributed by atoms with Crippen molar-refractivity contribution in [3.05, 3.63) is 86.3 Å². The minimum Gasteiger partial charge on any atom is -0.497 e. The molecule has 0 aliphatic carbocycles. The van der Waals surface area contributed by atoms with Crippen LogP contribution in [0.3, 0.4) is 0 Å². The van der Waals surface area contributed by atoms with Gasteiger partial charge in [-0.25, -0.2) is 9.36 Å². The second-order valence-electron chi connectivity index (χ2n) is 15.8. The molecule has 0 unspecified atom stereocenters. The number of fused-ring (bicyclic) bond motifs is 1. The monoisotopic (exact) mass is 855 g/mol. The molecule has 1 aromatic carbocycles. The normalized spacial score (nSPS) is 27.7. The van der Waals surface area contributed by atoms with Gasteiger partial charge in [0.05, 0.1) is 13.7 Å². The van der Waals surface area contributed by atoms with Crippen molar-refractivity contribution >= 4 is 17.7 Å². The van der Waals surface area contributed by atoms with Crippen LogP contribution in [-0.2, 0) is 65.6 Å². The van der Waals surface area contributed by atoms with Gasteiger partial charge in [-0.1, -0.05) is 38.3 Å². The van der Waals surface area contributed by atoms with E-state index in [-0.39, 0.29) is 43.4 Å². The van der Waals surface area contributed by atoms with E-state index in [1.54, 1.807) is 45.2 Å². The standard InChI is InChI=1S/C42H57N5O14/c1-7-8-9-10-20-56-35-32(54-6)33(58-39(35)46-19-18-30(48)47(41(46)52)23-55-22-25-14-16-26(53-5)17-15-25)34(36(43)49)59-40-31-28(60-42(3,4)61-31)21-29(57-40)38(51)45-27-13-11-12-24(2)44-37(27)50/h14-19,21,24,27-28,31-32,35,39-40H,7-13,20,22-23H2,1-6H3,(H2,43,49)(H,44,50)(H,45,51)/b34-33+/t24-,27+,28+,31+,32-,35-,39-,40-/m1/s1.